The zero-order chi connectivity index (χ0) is 11.9. The molecule has 1 N–H and O–H groups in total. The third-order valence-corrected chi connectivity index (χ3v) is 4.30. The number of nitrogens with zero attached hydrogens (tertiary/aromatic N) is 1. The first kappa shape index (κ1) is 19.2. The topological polar surface area (TPSA) is 15.3 Å². The van der Waals surface area contributed by atoms with Gasteiger partial charge in [-0.1, -0.05) is 26.2 Å². The van der Waals surface area contributed by atoms with Gasteiger partial charge in [-0.3, -0.25) is 4.90 Å². The monoisotopic (exact) mass is 324 g/mol. The smallest absolute Gasteiger partial charge is 0.0357 e. The van der Waals surface area contributed by atoms with E-state index >= 15 is 0 Å². The number of hydrogen-bond acceptors (Lipinski definition) is 3. The van der Waals surface area contributed by atoms with E-state index in [1.54, 1.807) is 0 Å². The minimum absolute atomic E-state index is 0. The summed E-state index contributed by atoms with van der Waals surface area (Å²) in [6, 6.07) is 2.97. The number of thiophene rings is 1. The highest BCUT2D eigenvalue weighted by Crippen LogP contribution is 2.28. The Morgan fingerprint density at radius 2 is 2.00 bits per heavy atom. The average Bonchev–Trinajstić information content (AvgIpc) is 2.89. The summed E-state index contributed by atoms with van der Waals surface area (Å²) in [4.78, 5) is 2.66. The highest BCUT2D eigenvalue weighted by Gasteiger charge is 2.21. The Morgan fingerprint density at radius 1 is 1.26 bits per heavy atom. The van der Waals surface area contributed by atoms with Gasteiger partial charge in [-0.25, -0.2) is 0 Å². The lowest BCUT2D eigenvalue weighted by Crippen LogP contribution is -2.45. The molecule has 1 saturated heterocycles. The summed E-state index contributed by atoms with van der Waals surface area (Å²) in [7, 11) is 0. The van der Waals surface area contributed by atoms with E-state index in [1.807, 2.05) is 11.3 Å². The maximum Gasteiger partial charge on any atom is 0.0357 e. The molecule has 0 unspecified atom stereocenters. The molecular formula is C14H26Cl2N2S. The van der Waals surface area contributed by atoms with Crippen LogP contribution in [0.2, 0.25) is 0 Å². The Morgan fingerprint density at radius 3 is 2.58 bits per heavy atom. The maximum absolute atomic E-state index is 3.44. The molecule has 1 aliphatic heterocycles. The van der Waals surface area contributed by atoms with Crippen molar-refractivity contribution < 1.29 is 0 Å². The molecule has 0 bridgehead atoms. The van der Waals surface area contributed by atoms with Gasteiger partial charge in [0.05, 0.1) is 0 Å². The first-order valence-electron chi connectivity index (χ1n) is 6.88. The van der Waals surface area contributed by atoms with Gasteiger partial charge in [-0.05, 0) is 28.8 Å². The molecule has 0 aliphatic carbocycles. The van der Waals surface area contributed by atoms with Crippen LogP contribution in [-0.2, 0) is 0 Å². The maximum atomic E-state index is 3.44. The van der Waals surface area contributed by atoms with Crippen molar-refractivity contribution in [3.8, 4) is 0 Å². The fourth-order valence-corrected chi connectivity index (χ4v) is 3.31. The molecule has 1 aliphatic rings. The SMILES string of the molecule is CCCCC[C@@H](c1ccsc1)N1CCNCC1.Cl.Cl. The standard InChI is InChI=1S/C14H24N2S.2ClH/c1-2-3-4-5-14(13-6-11-17-12-13)16-9-7-15-8-10-16;;/h6,11-12,14-15H,2-5,7-10H2,1H3;2*1H/t14-;;/m0../s1. The van der Waals surface area contributed by atoms with Crippen LogP contribution >= 0.6 is 36.2 Å². The molecular weight excluding hydrogens is 299 g/mol. The Labute approximate surface area is 133 Å². The summed E-state index contributed by atoms with van der Waals surface area (Å²) >= 11 is 1.83. The van der Waals surface area contributed by atoms with Gasteiger partial charge in [0.1, 0.15) is 0 Å². The van der Waals surface area contributed by atoms with E-state index in [0.717, 1.165) is 13.1 Å². The number of unbranched alkanes of at least 4 members (excludes halogenated alkanes) is 2. The van der Waals surface area contributed by atoms with Crippen LogP contribution in [0.4, 0.5) is 0 Å². The van der Waals surface area contributed by atoms with Crippen molar-refractivity contribution in [2.45, 2.75) is 38.6 Å². The zero-order valence-corrected chi connectivity index (χ0v) is 14.1. The van der Waals surface area contributed by atoms with Crippen LogP contribution < -0.4 is 5.32 Å². The molecule has 19 heavy (non-hydrogen) atoms. The minimum atomic E-state index is 0. The summed E-state index contributed by atoms with van der Waals surface area (Å²) in [6.45, 7) is 6.98. The molecule has 0 radical (unpaired) electrons. The van der Waals surface area contributed by atoms with Gasteiger partial charge in [0.25, 0.3) is 0 Å². The molecule has 2 rings (SSSR count). The van der Waals surface area contributed by atoms with Crippen molar-refractivity contribution in [1.29, 1.82) is 0 Å². The second-order valence-electron chi connectivity index (χ2n) is 4.85. The van der Waals surface area contributed by atoms with E-state index in [2.05, 4.69) is 34.0 Å². The van der Waals surface area contributed by atoms with Gasteiger partial charge in [0.2, 0.25) is 0 Å². The summed E-state index contributed by atoms with van der Waals surface area (Å²) in [5, 5.41) is 7.99. The number of hydrogen-bond donors (Lipinski definition) is 1. The van der Waals surface area contributed by atoms with Crippen LogP contribution in [0.15, 0.2) is 16.8 Å². The second kappa shape index (κ2) is 10.9. The predicted octanol–water partition coefficient (Wildman–Crippen LogP) is 4.12. The third kappa shape index (κ3) is 6.01. The van der Waals surface area contributed by atoms with Crippen molar-refractivity contribution in [1.82, 2.24) is 10.2 Å². The molecule has 1 atom stereocenters. The summed E-state index contributed by atoms with van der Waals surface area (Å²) in [5.74, 6) is 0. The summed E-state index contributed by atoms with van der Waals surface area (Å²) < 4.78 is 0. The lowest BCUT2D eigenvalue weighted by Gasteiger charge is -2.34. The van der Waals surface area contributed by atoms with Crippen molar-refractivity contribution >= 4 is 36.2 Å². The van der Waals surface area contributed by atoms with Gasteiger partial charge in [0.15, 0.2) is 0 Å². The van der Waals surface area contributed by atoms with Crippen LogP contribution in [-0.4, -0.2) is 31.1 Å². The molecule has 0 spiro atoms. The number of halogens is 2. The van der Waals surface area contributed by atoms with Crippen molar-refractivity contribution in [3.63, 3.8) is 0 Å². The van der Waals surface area contributed by atoms with Gasteiger partial charge >= 0.3 is 0 Å². The minimum Gasteiger partial charge on any atom is -0.314 e. The lowest BCUT2D eigenvalue weighted by atomic mass is 10.0. The molecule has 2 nitrogen and oxygen atoms in total. The Kier molecular flexibility index (Phi) is 11.0. The van der Waals surface area contributed by atoms with Gasteiger partial charge in [0, 0.05) is 32.2 Å². The second-order valence-corrected chi connectivity index (χ2v) is 5.63. The van der Waals surface area contributed by atoms with Crippen LogP contribution in [0.5, 0.6) is 0 Å². The van der Waals surface area contributed by atoms with E-state index in [9.17, 15) is 0 Å². The Bertz CT molecular complexity index is 300. The van der Waals surface area contributed by atoms with E-state index < -0.39 is 0 Å². The van der Waals surface area contributed by atoms with Gasteiger partial charge < -0.3 is 5.32 Å². The van der Waals surface area contributed by atoms with Gasteiger partial charge in [-0.15, -0.1) is 24.8 Å². The first-order valence-corrected chi connectivity index (χ1v) is 7.83. The zero-order valence-electron chi connectivity index (χ0n) is 11.6. The van der Waals surface area contributed by atoms with E-state index in [0.29, 0.717) is 6.04 Å². The highest BCUT2D eigenvalue weighted by atomic mass is 35.5. The molecule has 1 aromatic heterocycles. The van der Waals surface area contributed by atoms with Crippen molar-refractivity contribution in [2.75, 3.05) is 26.2 Å². The molecule has 2 heterocycles. The van der Waals surface area contributed by atoms with E-state index in [4.69, 9.17) is 0 Å². The van der Waals surface area contributed by atoms with E-state index in [-0.39, 0.29) is 24.8 Å². The number of rotatable bonds is 6. The third-order valence-electron chi connectivity index (χ3n) is 3.60. The summed E-state index contributed by atoms with van der Waals surface area (Å²) in [6.07, 6.45) is 5.37. The fraction of sp³-hybridized carbons (Fsp3) is 0.714. The average molecular weight is 325 g/mol. The molecule has 1 fully saturated rings. The predicted molar refractivity (Wildman–Crippen MR) is 90.1 cm³/mol. The fourth-order valence-electron chi connectivity index (χ4n) is 2.61. The van der Waals surface area contributed by atoms with Crippen molar-refractivity contribution in [3.05, 3.63) is 22.4 Å². The highest BCUT2D eigenvalue weighted by molar-refractivity contribution is 7.07. The molecule has 0 saturated carbocycles. The largest absolute Gasteiger partial charge is 0.314 e. The number of nitrogens with one attached hydrogen (secondary N) is 1. The molecule has 1 aromatic rings. The molecule has 0 aromatic carbocycles. The van der Waals surface area contributed by atoms with Crippen molar-refractivity contribution in [2.24, 2.45) is 0 Å². The van der Waals surface area contributed by atoms with Gasteiger partial charge in [-0.2, -0.15) is 11.3 Å². The first-order chi connectivity index (χ1) is 8.42. The molecule has 5 heteroatoms. The van der Waals surface area contributed by atoms with Crippen LogP contribution in [0, 0.1) is 0 Å². The quantitative estimate of drug-likeness (QED) is 0.792. The number of piperazine rings is 1. The van der Waals surface area contributed by atoms with E-state index in [1.165, 1.54) is 44.3 Å². The molecule has 0 amide bonds. The normalized spacial score (nSPS) is 17.3. The Hall–Kier alpha value is 0.200. The van der Waals surface area contributed by atoms with Crippen LogP contribution in [0.1, 0.15) is 44.2 Å². The Balaban J connectivity index is 0.00000162. The molecule has 112 valence electrons. The lowest BCUT2D eigenvalue weighted by molar-refractivity contribution is 0.163. The summed E-state index contributed by atoms with van der Waals surface area (Å²) in [5.41, 5.74) is 1.54. The van der Waals surface area contributed by atoms with Crippen LogP contribution in [0.3, 0.4) is 0 Å². The van der Waals surface area contributed by atoms with Crippen LogP contribution in [0.25, 0.3) is 0 Å².